The highest BCUT2D eigenvalue weighted by Gasteiger charge is 2.38. The first-order valence-electron chi connectivity index (χ1n) is 6.84. The minimum Gasteiger partial charge on any atom is -0.481 e. The summed E-state index contributed by atoms with van der Waals surface area (Å²) in [6.45, 7) is 7.05. The monoisotopic (exact) mass is 287 g/mol. The van der Waals surface area contributed by atoms with E-state index in [4.69, 9.17) is 0 Å². The number of methoxy groups -OCH3 is 1. The van der Waals surface area contributed by atoms with Crippen LogP contribution >= 0.6 is 0 Å². The summed E-state index contributed by atoms with van der Waals surface area (Å²) in [6.07, 6.45) is 0.573. The average Bonchev–Trinajstić information content (AvgIpc) is 2.40. The van der Waals surface area contributed by atoms with E-state index in [1.165, 1.54) is 7.11 Å². The normalized spacial score (nSPS) is 12.9. The first kappa shape index (κ1) is 18.4. The van der Waals surface area contributed by atoms with Gasteiger partial charge in [0.1, 0.15) is 6.04 Å². The van der Waals surface area contributed by atoms with Gasteiger partial charge >= 0.3 is 11.9 Å². The Kier molecular flexibility index (Phi) is 7.24. The van der Waals surface area contributed by atoms with Gasteiger partial charge in [0, 0.05) is 6.42 Å². The number of esters is 1. The predicted molar refractivity (Wildman–Crippen MR) is 74.1 cm³/mol. The van der Waals surface area contributed by atoms with Gasteiger partial charge < -0.3 is 15.2 Å². The molecule has 0 spiro atoms. The third-order valence-corrected chi connectivity index (χ3v) is 3.74. The van der Waals surface area contributed by atoms with Crippen molar-refractivity contribution in [2.45, 2.75) is 53.0 Å². The van der Waals surface area contributed by atoms with Crippen molar-refractivity contribution in [2.24, 2.45) is 11.3 Å². The number of carbonyl (C=O) groups is 3. The zero-order valence-electron chi connectivity index (χ0n) is 12.9. The number of carbonyl (C=O) groups excluding carboxylic acids is 2. The lowest BCUT2D eigenvalue weighted by atomic mass is 9.79. The van der Waals surface area contributed by atoms with Gasteiger partial charge in [0.15, 0.2) is 0 Å². The molecule has 0 aromatic rings. The topological polar surface area (TPSA) is 92.7 Å². The van der Waals surface area contributed by atoms with Gasteiger partial charge in [0.05, 0.1) is 12.5 Å². The van der Waals surface area contributed by atoms with E-state index < -0.39 is 29.3 Å². The molecule has 2 N–H and O–H groups in total. The fourth-order valence-corrected chi connectivity index (χ4v) is 2.03. The summed E-state index contributed by atoms with van der Waals surface area (Å²) in [5, 5.41) is 11.9. The Morgan fingerprint density at radius 1 is 1.20 bits per heavy atom. The summed E-state index contributed by atoms with van der Waals surface area (Å²) in [5.74, 6) is -2.09. The molecule has 0 heterocycles. The van der Waals surface area contributed by atoms with Gasteiger partial charge in [-0.15, -0.1) is 0 Å². The van der Waals surface area contributed by atoms with Crippen LogP contribution in [0.1, 0.15) is 47.0 Å². The van der Waals surface area contributed by atoms with Crippen LogP contribution in [-0.2, 0) is 19.1 Å². The lowest BCUT2D eigenvalue weighted by Gasteiger charge is -2.27. The SMILES string of the molecule is CCC(CC)(CC(=O)N[C@H](C(=O)OC)C(C)C)C(=O)O. The molecule has 1 amide bonds. The molecule has 0 rings (SSSR count). The van der Waals surface area contributed by atoms with E-state index >= 15 is 0 Å². The van der Waals surface area contributed by atoms with Gasteiger partial charge in [-0.2, -0.15) is 0 Å². The van der Waals surface area contributed by atoms with Crippen molar-refractivity contribution in [3.05, 3.63) is 0 Å². The molecule has 1 atom stereocenters. The Hall–Kier alpha value is -1.59. The molecule has 0 aliphatic heterocycles. The molecule has 116 valence electrons. The summed E-state index contributed by atoms with van der Waals surface area (Å²) in [7, 11) is 1.25. The van der Waals surface area contributed by atoms with Crippen LogP contribution in [0.2, 0.25) is 0 Å². The summed E-state index contributed by atoms with van der Waals surface area (Å²) in [5.41, 5.74) is -1.08. The molecule has 0 fully saturated rings. The zero-order chi connectivity index (χ0) is 15.9. The molecule has 0 aromatic carbocycles. The number of hydrogen-bond donors (Lipinski definition) is 2. The summed E-state index contributed by atoms with van der Waals surface area (Å²) in [6, 6.07) is -0.757. The van der Waals surface area contributed by atoms with Gasteiger partial charge in [0.25, 0.3) is 0 Å². The average molecular weight is 287 g/mol. The molecule has 0 radical (unpaired) electrons. The fraction of sp³-hybridized carbons (Fsp3) is 0.786. The van der Waals surface area contributed by atoms with Crippen molar-refractivity contribution < 1.29 is 24.2 Å². The maximum Gasteiger partial charge on any atom is 0.328 e. The smallest absolute Gasteiger partial charge is 0.328 e. The van der Waals surface area contributed by atoms with E-state index in [2.05, 4.69) is 10.1 Å². The molecule has 0 unspecified atom stereocenters. The van der Waals surface area contributed by atoms with Crippen LogP contribution in [0.5, 0.6) is 0 Å². The number of rotatable bonds is 8. The molecular formula is C14H25NO5. The van der Waals surface area contributed by atoms with E-state index in [1.54, 1.807) is 27.7 Å². The standard InChI is InChI=1S/C14H25NO5/c1-6-14(7-2,13(18)19)8-10(16)15-11(9(3)4)12(17)20-5/h9,11H,6-8H2,1-5H3,(H,15,16)(H,18,19)/t11-/m0/s1. The molecule has 0 saturated carbocycles. The third kappa shape index (κ3) is 4.51. The van der Waals surface area contributed by atoms with Crippen molar-refractivity contribution in [2.75, 3.05) is 7.11 Å². The molecule has 20 heavy (non-hydrogen) atoms. The summed E-state index contributed by atoms with van der Waals surface area (Å²) < 4.78 is 4.63. The molecule has 0 bridgehead atoms. The van der Waals surface area contributed by atoms with Crippen LogP contribution in [0.4, 0.5) is 0 Å². The van der Waals surface area contributed by atoms with Crippen LogP contribution in [0.15, 0.2) is 0 Å². The lowest BCUT2D eigenvalue weighted by molar-refractivity contribution is -0.153. The number of aliphatic carboxylic acids is 1. The van der Waals surface area contributed by atoms with Gasteiger partial charge in [-0.3, -0.25) is 9.59 Å². The quantitative estimate of drug-likeness (QED) is 0.661. The first-order chi connectivity index (χ1) is 9.23. The van der Waals surface area contributed by atoms with Crippen LogP contribution in [0.3, 0.4) is 0 Å². The number of carboxylic acid groups (broad SMARTS) is 1. The second-order valence-electron chi connectivity index (χ2n) is 5.28. The highest BCUT2D eigenvalue weighted by atomic mass is 16.5. The van der Waals surface area contributed by atoms with Crippen LogP contribution < -0.4 is 5.32 Å². The van der Waals surface area contributed by atoms with E-state index in [9.17, 15) is 19.5 Å². The molecule has 6 heteroatoms. The Balaban J connectivity index is 4.91. The number of ether oxygens (including phenoxy) is 1. The minimum atomic E-state index is -1.08. The molecule has 0 aliphatic rings. The van der Waals surface area contributed by atoms with Crippen molar-refractivity contribution in [1.82, 2.24) is 5.32 Å². The van der Waals surface area contributed by atoms with Gasteiger partial charge in [-0.05, 0) is 18.8 Å². The van der Waals surface area contributed by atoms with Crippen molar-refractivity contribution in [3.8, 4) is 0 Å². The third-order valence-electron chi connectivity index (χ3n) is 3.74. The molecule has 0 saturated heterocycles. The Bertz CT molecular complexity index is 361. The van der Waals surface area contributed by atoms with Crippen molar-refractivity contribution in [1.29, 1.82) is 0 Å². The number of hydrogen-bond acceptors (Lipinski definition) is 4. The number of nitrogens with one attached hydrogen (secondary N) is 1. The highest BCUT2D eigenvalue weighted by Crippen LogP contribution is 2.31. The van der Waals surface area contributed by atoms with Crippen molar-refractivity contribution >= 4 is 17.8 Å². The molecule has 0 aromatic heterocycles. The minimum absolute atomic E-state index is 0.131. The van der Waals surface area contributed by atoms with Crippen LogP contribution in [-0.4, -0.2) is 36.1 Å². The summed E-state index contributed by atoms with van der Waals surface area (Å²) in [4.78, 5) is 35.0. The largest absolute Gasteiger partial charge is 0.481 e. The first-order valence-corrected chi connectivity index (χ1v) is 6.84. The van der Waals surface area contributed by atoms with Crippen LogP contribution in [0.25, 0.3) is 0 Å². The molecule has 0 aliphatic carbocycles. The van der Waals surface area contributed by atoms with Gasteiger partial charge in [-0.25, -0.2) is 4.79 Å². The Morgan fingerprint density at radius 2 is 1.70 bits per heavy atom. The molecule has 6 nitrogen and oxygen atoms in total. The van der Waals surface area contributed by atoms with E-state index in [0.29, 0.717) is 12.8 Å². The summed E-state index contributed by atoms with van der Waals surface area (Å²) >= 11 is 0. The number of carboxylic acids is 1. The fourth-order valence-electron chi connectivity index (χ4n) is 2.03. The zero-order valence-corrected chi connectivity index (χ0v) is 12.9. The van der Waals surface area contributed by atoms with Gasteiger partial charge in [0.2, 0.25) is 5.91 Å². The second kappa shape index (κ2) is 7.87. The van der Waals surface area contributed by atoms with Crippen molar-refractivity contribution in [3.63, 3.8) is 0 Å². The molecular weight excluding hydrogens is 262 g/mol. The van der Waals surface area contributed by atoms with E-state index in [0.717, 1.165) is 0 Å². The van der Waals surface area contributed by atoms with Crippen LogP contribution in [0, 0.1) is 11.3 Å². The predicted octanol–water partition coefficient (Wildman–Crippen LogP) is 1.58. The lowest BCUT2D eigenvalue weighted by Crippen LogP contribution is -2.47. The van der Waals surface area contributed by atoms with E-state index in [-0.39, 0.29) is 12.3 Å². The number of amides is 1. The maximum atomic E-state index is 12.0. The second-order valence-corrected chi connectivity index (χ2v) is 5.28. The Morgan fingerprint density at radius 3 is 2.00 bits per heavy atom. The van der Waals surface area contributed by atoms with E-state index in [1.807, 2.05) is 0 Å². The Labute approximate surface area is 119 Å². The highest BCUT2D eigenvalue weighted by molar-refractivity contribution is 5.88. The van der Waals surface area contributed by atoms with Gasteiger partial charge in [-0.1, -0.05) is 27.7 Å². The maximum absolute atomic E-state index is 12.0.